The second-order valence-corrected chi connectivity index (χ2v) is 9.49. The molecule has 0 spiro atoms. The van der Waals surface area contributed by atoms with E-state index in [1.807, 2.05) is 24.3 Å². The van der Waals surface area contributed by atoms with Gasteiger partial charge in [-0.1, -0.05) is 63.3 Å². The van der Waals surface area contributed by atoms with E-state index in [0.717, 1.165) is 29.7 Å². The third kappa shape index (κ3) is 9.14. The Bertz CT molecular complexity index is 1160. The summed E-state index contributed by atoms with van der Waals surface area (Å²) in [5.41, 5.74) is 2.30. The van der Waals surface area contributed by atoms with Crippen LogP contribution in [0.15, 0.2) is 72.8 Å². The molecule has 0 aromatic heterocycles. The SMILES string of the molecule is CCCCCCCCOc1ccc(C(=O)Oc2ccc(-c3ccc(OC(=O)O[C@@H]4CCCO4)cc3)cc2)cc1. The Morgan fingerprint density at radius 2 is 1.33 bits per heavy atom. The fraction of sp³-hybridized carbons (Fsp3) is 0.375. The number of carbonyl (C=O) groups excluding carboxylic acids is 2. The number of esters is 1. The van der Waals surface area contributed by atoms with Crippen molar-refractivity contribution in [3.63, 3.8) is 0 Å². The molecule has 4 rings (SSSR count). The fourth-order valence-corrected chi connectivity index (χ4v) is 4.23. The van der Waals surface area contributed by atoms with E-state index in [2.05, 4.69) is 6.92 Å². The lowest BCUT2D eigenvalue weighted by Gasteiger charge is -2.11. The summed E-state index contributed by atoms with van der Waals surface area (Å²) in [6, 6.07) is 21.3. The molecule has 0 saturated carbocycles. The highest BCUT2D eigenvalue weighted by Crippen LogP contribution is 2.26. The summed E-state index contributed by atoms with van der Waals surface area (Å²) in [4.78, 5) is 24.5. The average molecular weight is 533 g/mol. The minimum Gasteiger partial charge on any atom is -0.494 e. The van der Waals surface area contributed by atoms with Crippen molar-refractivity contribution in [2.75, 3.05) is 13.2 Å². The average Bonchev–Trinajstić information content (AvgIpc) is 3.46. The van der Waals surface area contributed by atoms with E-state index in [1.165, 1.54) is 32.1 Å². The highest BCUT2D eigenvalue weighted by Gasteiger charge is 2.21. The van der Waals surface area contributed by atoms with E-state index < -0.39 is 18.4 Å². The van der Waals surface area contributed by atoms with E-state index in [4.69, 9.17) is 23.7 Å². The van der Waals surface area contributed by atoms with Gasteiger partial charge in [-0.05, 0) is 72.5 Å². The van der Waals surface area contributed by atoms with Crippen LogP contribution in [0.4, 0.5) is 4.79 Å². The number of hydrogen-bond acceptors (Lipinski definition) is 7. The van der Waals surface area contributed by atoms with Gasteiger partial charge in [0.1, 0.15) is 17.2 Å². The maximum atomic E-state index is 12.6. The van der Waals surface area contributed by atoms with Crippen LogP contribution >= 0.6 is 0 Å². The van der Waals surface area contributed by atoms with Crippen molar-refractivity contribution >= 4 is 12.1 Å². The van der Waals surface area contributed by atoms with Crippen LogP contribution in [-0.2, 0) is 9.47 Å². The van der Waals surface area contributed by atoms with E-state index >= 15 is 0 Å². The number of rotatable bonds is 13. The van der Waals surface area contributed by atoms with E-state index in [-0.39, 0.29) is 0 Å². The van der Waals surface area contributed by atoms with Crippen LogP contribution in [0.3, 0.4) is 0 Å². The summed E-state index contributed by atoms with van der Waals surface area (Å²) < 4.78 is 26.9. The number of ether oxygens (including phenoxy) is 5. The van der Waals surface area contributed by atoms with Crippen LogP contribution in [-0.4, -0.2) is 31.6 Å². The van der Waals surface area contributed by atoms with Crippen LogP contribution < -0.4 is 14.2 Å². The van der Waals surface area contributed by atoms with Crippen molar-refractivity contribution in [2.24, 2.45) is 0 Å². The molecule has 0 N–H and O–H groups in total. The molecule has 39 heavy (non-hydrogen) atoms. The number of carbonyl (C=O) groups is 2. The summed E-state index contributed by atoms with van der Waals surface area (Å²) in [6.45, 7) is 3.49. The molecule has 0 amide bonds. The van der Waals surface area contributed by atoms with Gasteiger partial charge in [-0.15, -0.1) is 0 Å². The first-order valence-corrected chi connectivity index (χ1v) is 13.8. The third-order valence-corrected chi connectivity index (χ3v) is 6.43. The topological polar surface area (TPSA) is 80.3 Å². The molecule has 0 radical (unpaired) electrons. The van der Waals surface area contributed by atoms with Gasteiger partial charge < -0.3 is 23.7 Å². The molecule has 1 atom stereocenters. The van der Waals surface area contributed by atoms with Gasteiger partial charge >= 0.3 is 12.1 Å². The van der Waals surface area contributed by atoms with Crippen molar-refractivity contribution in [3.8, 4) is 28.4 Å². The first-order chi connectivity index (χ1) is 19.1. The fourth-order valence-electron chi connectivity index (χ4n) is 4.23. The molecule has 3 aromatic rings. The van der Waals surface area contributed by atoms with Gasteiger partial charge in [0.2, 0.25) is 6.29 Å². The van der Waals surface area contributed by atoms with Gasteiger partial charge in [-0.2, -0.15) is 0 Å². The normalized spacial score (nSPS) is 14.5. The Balaban J connectivity index is 1.21. The minimum atomic E-state index is -0.781. The van der Waals surface area contributed by atoms with Crippen LogP contribution in [0.5, 0.6) is 17.2 Å². The highest BCUT2D eigenvalue weighted by atomic mass is 16.8. The second-order valence-electron chi connectivity index (χ2n) is 9.49. The Hall–Kier alpha value is -3.84. The quantitative estimate of drug-likeness (QED) is 0.0956. The number of unbranched alkanes of at least 4 members (excludes halogenated alkanes) is 5. The third-order valence-electron chi connectivity index (χ3n) is 6.43. The Labute approximate surface area is 230 Å². The van der Waals surface area contributed by atoms with E-state index in [0.29, 0.717) is 36.7 Å². The van der Waals surface area contributed by atoms with Crippen molar-refractivity contribution in [3.05, 3.63) is 78.4 Å². The molecule has 206 valence electrons. The molecule has 0 unspecified atom stereocenters. The molecule has 1 heterocycles. The van der Waals surface area contributed by atoms with Crippen molar-refractivity contribution in [2.45, 2.75) is 64.6 Å². The Morgan fingerprint density at radius 1 is 0.744 bits per heavy atom. The molecular formula is C32H36O7. The van der Waals surface area contributed by atoms with E-state index in [1.54, 1.807) is 48.5 Å². The highest BCUT2D eigenvalue weighted by molar-refractivity contribution is 5.91. The summed E-state index contributed by atoms with van der Waals surface area (Å²) in [7, 11) is 0. The zero-order chi connectivity index (χ0) is 27.3. The maximum Gasteiger partial charge on any atom is 0.516 e. The summed E-state index contributed by atoms with van der Waals surface area (Å²) in [5, 5.41) is 0. The van der Waals surface area contributed by atoms with Crippen LogP contribution in [0.2, 0.25) is 0 Å². The molecular weight excluding hydrogens is 496 g/mol. The molecule has 1 saturated heterocycles. The lowest BCUT2D eigenvalue weighted by atomic mass is 10.1. The molecule has 3 aromatic carbocycles. The van der Waals surface area contributed by atoms with Crippen molar-refractivity contribution in [1.82, 2.24) is 0 Å². The Kier molecular flexibility index (Phi) is 10.8. The maximum absolute atomic E-state index is 12.6. The second kappa shape index (κ2) is 14.9. The largest absolute Gasteiger partial charge is 0.516 e. The lowest BCUT2D eigenvalue weighted by Crippen LogP contribution is -2.19. The van der Waals surface area contributed by atoms with Crippen LogP contribution in [0.25, 0.3) is 11.1 Å². The van der Waals surface area contributed by atoms with E-state index in [9.17, 15) is 9.59 Å². The zero-order valence-electron chi connectivity index (χ0n) is 22.4. The molecule has 1 aliphatic rings. The molecule has 0 bridgehead atoms. The van der Waals surface area contributed by atoms with Gasteiger partial charge in [0.15, 0.2) is 0 Å². The predicted molar refractivity (Wildman–Crippen MR) is 148 cm³/mol. The smallest absolute Gasteiger partial charge is 0.494 e. The van der Waals surface area contributed by atoms with Crippen LogP contribution in [0, 0.1) is 0 Å². The summed E-state index contributed by atoms with van der Waals surface area (Å²) in [5.74, 6) is 1.15. The first-order valence-electron chi connectivity index (χ1n) is 13.8. The molecule has 1 aliphatic heterocycles. The monoisotopic (exact) mass is 532 g/mol. The zero-order valence-corrected chi connectivity index (χ0v) is 22.4. The minimum absolute atomic E-state index is 0.381. The Morgan fingerprint density at radius 3 is 1.95 bits per heavy atom. The standard InChI is InChI=1S/C32H36O7/c1-2-3-4-5-6-7-22-35-27-16-14-26(15-17-27)31(33)37-28-18-10-24(11-19-28)25-12-20-29(21-13-25)38-32(34)39-30-9-8-23-36-30/h10-21,30H,2-9,22-23H2,1H3/t30-/m1/s1. The summed E-state index contributed by atoms with van der Waals surface area (Å²) >= 11 is 0. The summed E-state index contributed by atoms with van der Waals surface area (Å²) in [6.07, 6.45) is 7.53. The molecule has 7 heteroatoms. The van der Waals surface area contributed by atoms with Gasteiger partial charge in [0.25, 0.3) is 0 Å². The van der Waals surface area contributed by atoms with Crippen LogP contribution in [0.1, 0.15) is 68.6 Å². The van der Waals surface area contributed by atoms with Crippen molar-refractivity contribution in [1.29, 1.82) is 0 Å². The number of hydrogen-bond donors (Lipinski definition) is 0. The van der Waals surface area contributed by atoms with Gasteiger partial charge in [-0.3, -0.25) is 0 Å². The van der Waals surface area contributed by atoms with Gasteiger partial charge in [0, 0.05) is 6.42 Å². The number of benzene rings is 3. The molecule has 7 nitrogen and oxygen atoms in total. The molecule has 1 fully saturated rings. The first kappa shape index (κ1) is 28.2. The predicted octanol–water partition coefficient (Wildman–Crippen LogP) is 7.96. The van der Waals surface area contributed by atoms with Crippen molar-refractivity contribution < 1.29 is 33.3 Å². The van der Waals surface area contributed by atoms with Gasteiger partial charge in [-0.25, -0.2) is 9.59 Å². The molecule has 0 aliphatic carbocycles. The lowest BCUT2D eigenvalue weighted by molar-refractivity contribution is -0.0809. The van der Waals surface area contributed by atoms with Gasteiger partial charge in [0.05, 0.1) is 18.8 Å².